The third-order valence-electron chi connectivity index (χ3n) is 4.08. The van der Waals surface area contributed by atoms with Crippen LogP contribution in [0.1, 0.15) is 5.76 Å². The Hall–Kier alpha value is -3.74. The molecular weight excluding hydrogens is 334 g/mol. The summed E-state index contributed by atoms with van der Waals surface area (Å²) < 4.78 is 6.93. The van der Waals surface area contributed by atoms with Crippen LogP contribution in [0.15, 0.2) is 76.1 Å². The van der Waals surface area contributed by atoms with Gasteiger partial charge in [-0.1, -0.05) is 24.3 Å². The van der Waals surface area contributed by atoms with Crippen LogP contribution in [0.4, 0.5) is 5.69 Å². The molecule has 0 saturated heterocycles. The van der Waals surface area contributed by atoms with E-state index < -0.39 is 4.92 Å². The second-order valence-electron chi connectivity index (χ2n) is 5.73. The molecule has 0 spiro atoms. The van der Waals surface area contributed by atoms with E-state index in [2.05, 4.69) is 4.98 Å². The molecule has 0 aliphatic heterocycles. The molecule has 128 valence electrons. The van der Waals surface area contributed by atoms with Crippen LogP contribution in [-0.2, 0) is 6.54 Å². The van der Waals surface area contributed by atoms with Gasteiger partial charge in [-0.05, 0) is 24.3 Å². The van der Waals surface area contributed by atoms with Crippen molar-refractivity contribution in [2.45, 2.75) is 6.54 Å². The van der Waals surface area contributed by atoms with Gasteiger partial charge in [-0.25, -0.2) is 4.98 Å². The van der Waals surface area contributed by atoms with E-state index in [9.17, 15) is 14.9 Å². The van der Waals surface area contributed by atoms with Gasteiger partial charge in [0.2, 0.25) is 0 Å². The lowest BCUT2D eigenvalue weighted by atomic mass is 10.1. The minimum absolute atomic E-state index is 0.0885. The molecule has 0 unspecified atom stereocenters. The van der Waals surface area contributed by atoms with Crippen LogP contribution >= 0.6 is 0 Å². The number of nitro benzene ring substituents is 1. The summed E-state index contributed by atoms with van der Waals surface area (Å²) in [5, 5.41) is 11.0. The third kappa shape index (κ3) is 2.75. The van der Waals surface area contributed by atoms with Gasteiger partial charge in [0, 0.05) is 17.7 Å². The monoisotopic (exact) mass is 347 g/mol. The minimum atomic E-state index is -0.494. The summed E-state index contributed by atoms with van der Waals surface area (Å²) in [5.74, 6) is 0.633. The molecule has 0 bridgehead atoms. The number of benzene rings is 2. The number of fused-ring (bicyclic) bond motifs is 1. The number of hydrogen-bond donors (Lipinski definition) is 0. The second kappa shape index (κ2) is 6.29. The van der Waals surface area contributed by atoms with E-state index in [-0.39, 0.29) is 23.5 Å². The van der Waals surface area contributed by atoms with E-state index in [1.54, 1.807) is 41.2 Å². The fraction of sp³-hybridized carbons (Fsp3) is 0.0526. The molecule has 7 nitrogen and oxygen atoms in total. The molecule has 2 heterocycles. The largest absolute Gasteiger partial charge is 0.467 e. The summed E-state index contributed by atoms with van der Waals surface area (Å²) >= 11 is 0. The van der Waals surface area contributed by atoms with E-state index >= 15 is 0 Å². The number of furan rings is 1. The molecule has 0 radical (unpaired) electrons. The smallest absolute Gasteiger partial charge is 0.278 e. The molecule has 4 aromatic rings. The number of nitrogens with zero attached hydrogens (tertiary/aromatic N) is 3. The highest BCUT2D eigenvalue weighted by atomic mass is 16.6. The summed E-state index contributed by atoms with van der Waals surface area (Å²) in [6, 6.07) is 16.7. The Labute approximate surface area is 147 Å². The van der Waals surface area contributed by atoms with Gasteiger partial charge in [0.15, 0.2) is 0 Å². The molecule has 0 fully saturated rings. The van der Waals surface area contributed by atoms with Crippen molar-refractivity contribution in [3.63, 3.8) is 0 Å². The third-order valence-corrected chi connectivity index (χ3v) is 4.08. The van der Waals surface area contributed by atoms with Crippen molar-refractivity contribution in [2.24, 2.45) is 0 Å². The molecule has 4 rings (SSSR count). The van der Waals surface area contributed by atoms with Crippen molar-refractivity contribution < 1.29 is 9.34 Å². The van der Waals surface area contributed by atoms with Crippen molar-refractivity contribution in [1.82, 2.24) is 9.55 Å². The maximum atomic E-state index is 13.1. The molecule has 0 amide bonds. The van der Waals surface area contributed by atoms with Gasteiger partial charge in [0.25, 0.3) is 11.2 Å². The number of non-ortho nitro benzene ring substituents is 1. The first-order valence-electron chi connectivity index (χ1n) is 7.90. The van der Waals surface area contributed by atoms with Crippen molar-refractivity contribution in [2.75, 3.05) is 0 Å². The first kappa shape index (κ1) is 15.8. The fourth-order valence-corrected chi connectivity index (χ4v) is 2.86. The molecule has 0 aliphatic rings. The normalized spacial score (nSPS) is 10.9. The second-order valence-corrected chi connectivity index (χ2v) is 5.73. The van der Waals surface area contributed by atoms with Crippen molar-refractivity contribution in [3.05, 3.63) is 93.2 Å². The Balaban J connectivity index is 1.96. The SMILES string of the molecule is O=c1c(-c2cccc([N+](=O)[O-])c2)nc2ccccc2n1Cc1ccco1. The zero-order valence-corrected chi connectivity index (χ0v) is 13.5. The number of para-hydroxylation sites is 2. The predicted octanol–water partition coefficient (Wildman–Crippen LogP) is 3.61. The highest BCUT2D eigenvalue weighted by Gasteiger charge is 2.16. The van der Waals surface area contributed by atoms with Crippen molar-refractivity contribution in [1.29, 1.82) is 0 Å². The number of aromatic nitrogens is 2. The first-order valence-corrected chi connectivity index (χ1v) is 7.90. The van der Waals surface area contributed by atoms with Crippen LogP contribution in [0, 0.1) is 10.1 Å². The van der Waals surface area contributed by atoms with E-state index in [1.165, 1.54) is 12.1 Å². The van der Waals surface area contributed by atoms with Crippen LogP contribution in [-0.4, -0.2) is 14.5 Å². The van der Waals surface area contributed by atoms with E-state index in [0.717, 1.165) is 0 Å². The van der Waals surface area contributed by atoms with E-state index in [1.807, 2.05) is 18.2 Å². The maximum absolute atomic E-state index is 13.1. The zero-order chi connectivity index (χ0) is 18.1. The van der Waals surface area contributed by atoms with Gasteiger partial charge in [-0.3, -0.25) is 19.5 Å². The van der Waals surface area contributed by atoms with Crippen molar-refractivity contribution in [3.8, 4) is 11.3 Å². The van der Waals surface area contributed by atoms with Crippen LogP contribution in [0.3, 0.4) is 0 Å². The lowest BCUT2D eigenvalue weighted by molar-refractivity contribution is -0.384. The Morgan fingerprint density at radius 1 is 1.08 bits per heavy atom. The molecule has 2 aromatic heterocycles. The van der Waals surface area contributed by atoms with E-state index in [0.29, 0.717) is 22.4 Å². The fourth-order valence-electron chi connectivity index (χ4n) is 2.86. The summed E-state index contributed by atoms with van der Waals surface area (Å²) in [5.41, 5.74) is 1.44. The lowest BCUT2D eigenvalue weighted by Crippen LogP contribution is -2.24. The van der Waals surface area contributed by atoms with Gasteiger partial charge < -0.3 is 4.42 Å². The highest BCUT2D eigenvalue weighted by molar-refractivity contribution is 5.78. The maximum Gasteiger partial charge on any atom is 0.278 e. The number of hydrogen-bond acceptors (Lipinski definition) is 5. The molecular formula is C19H13N3O4. The molecule has 0 aliphatic carbocycles. The minimum Gasteiger partial charge on any atom is -0.467 e. The van der Waals surface area contributed by atoms with Crippen LogP contribution in [0.5, 0.6) is 0 Å². The Morgan fingerprint density at radius 3 is 2.69 bits per heavy atom. The summed E-state index contributed by atoms with van der Waals surface area (Å²) in [6.07, 6.45) is 1.55. The van der Waals surface area contributed by atoms with E-state index in [4.69, 9.17) is 4.42 Å². The first-order chi connectivity index (χ1) is 12.6. The quantitative estimate of drug-likeness (QED) is 0.415. The molecule has 0 N–H and O–H groups in total. The van der Waals surface area contributed by atoms with Gasteiger partial charge in [-0.2, -0.15) is 0 Å². The average molecular weight is 347 g/mol. The van der Waals surface area contributed by atoms with Gasteiger partial charge in [0.05, 0.1) is 28.8 Å². The average Bonchev–Trinajstić information content (AvgIpc) is 3.17. The molecule has 2 aromatic carbocycles. The van der Waals surface area contributed by atoms with Crippen LogP contribution in [0.2, 0.25) is 0 Å². The Kier molecular flexibility index (Phi) is 3.81. The zero-order valence-electron chi connectivity index (χ0n) is 13.5. The molecule has 0 saturated carbocycles. The predicted molar refractivity (Wildman–Crippen MR) is 95.9 cm³/mol. The lowest BCUT2D eigenvalue weighted by Gasteiger charge is -2.11. The van der Waals surface area contributed by atoms with Gasteiger partial charge in [-0.15, -0.1) is 0 Å². The Bertz CT molecular complexity index is 1160. The summed E-state index contributed by atoms with van der Waals surface area (Å²) in [4.78, 5) is 28.1. The molecule has 26 heavy (non-hydrogen) atoms. The molecule has 7 heteroatoms. The van der Waals surface area contributed by atoms with Gasteiger partial charge >= 0.3 is 0 Å². The standard InChI is InChI=1S/C19H13N3O4/c23-19-18(13-5-3-6-14(11-13)22(24)25)20-16-8-1-2-9-17(16)21(19)12-15-7-4-10-26-15/h1-11H,12H2. The number of nitro groups is 1. The van der Waals surface area contributed by atoms with Crippen LogP contribution < -0.4 is 5.56 Å². The highest BCUT2D eigenvalue weighted by Crippen LogP contribution is 2.22. The summed E-state index contributed by atoms with van der Waals surface area (Å²) in [6.45, 7) is 0.247. The number of rotatable bonds is 4. The van der Waals surface area contributed by atoms with Crippen LogP contribution in [0.25, 0.3) is 22.3 Å². The molecule has 0 atom stereocenters. The Morgan fingerprint density at radius 2 is 1.92 bits per heavy atom. The topological polar surface area (TPSA) is 91.2 Å². The van der Waals surface area contributed by atoms with Gasteiger partial charge in [0.1, 0.15) is 11.5 Å². The van der Waals surface area contributed by atoms with Crippen molar-refractivity contribution >= 4 is 16.7 Å². The summed E-state index contributed by atoms with van der Waals surface area (Å²) in [7, 11) is 0.